The maximum Gasteiger partial charge on any atom is 0.131 e. The van der Waals surface area contributed by atoms with Gasteiger partial charge in [0.2, 0.25) is 0 Å². The normalized spacial score (nSPS) is 9.71. The molecule has 0 saturated heterocycles. The number of hydrogen-bond acceptors (Lipinski definition) is 3. The van der Waals surface area contributed by atoms with Gasteiger partial charge in [0.1, 0.15) is 5.82 Å². The molecule has 0 spiro atoms. The first-order valence-corrected chi connectivity index (χ1v) is 5.46. The van der Waals surface area contributed by atoms with Crippen LogP contribution in [0.5, 0.6) is 0 Å². The number of aromatic nitrogens is 1. The number of nitrogens with zero attached hydrogens (tertiary/aromatic N) is 2. The van der Waals surface area contributed by atoms with Crippen LogP contribution in [-0.2, 0) is 0 Å². The highest BCUT2D eigenvalue weighted by atomic mass is 35.5. The van der Waals surface area contributed by atoms with E-state index in [1.165, 1.54) is 0 Å². The summed E-state index contributed by atoms with van der Waals surface area (Å²) in [6.45, 7) is 1.98. The minimum atomic E-state index is 0.561. The molecule has 0 saturated carbocycles. The van der Waals surface area contributed by atoms with Gasteiger partial charge < -0.3 is 5.32 Å². The van der Waals surface area contributed by atoms with E-state index in [-0.39, 0.29) is 0 Å². The van der Waals surface area contributed by atoms with Gasteiger partial charge >= 0.3 is 0 Å². The van der Waals surface area contributed by atoms with Crippen molar-refractivity contribution in [2.24, 2.45) is 0 Å². The van der Waals surface area contributed by atoms with Crippen LogP contribution in [0.15, 0.2) is 36.5 Å². The van der Waals surface area contributed by atoms with Crippen LogP contribution in [0.3, 0.4) is 0 Å². The largest absolute Gasteiger partial charge is 0.339 e. The highest BCUT2D eigenvalue weighted by Crippen LogP contribution is 2.25. The molecular formula is C13H10ClN3. The Bertz CT molecular complexity index is 587. The van der Waals surface area contributed by atoms with Gasteiger partial charge in [-0.3, -0.25) is 0 Å². The van der Waals surface area contributed by atoms with Gasteiger partial charge in [0, 0.05) is 6.20 Å². The number of rotatable bonds is 2. The van der Waals surface area contributed by atoms with Gasteiger partial charge in [0.15, 0.2) is 0 Å². The third kappa shape index (κ3) is 2.74. The van der Waals surface area contributed by atoms with E-state index in [0.717, 1.165) is 11.3 Å². The van der Waals surface area contributed by atoms with Crippen LogP contribution >= 0.6 is 11.6 Å². The highest BCUT2D eigenvalue weighted by molar-refractivity contribution is 6.33. The van der Waals surface area contributed by atoms with Crippen molar-refractivity contribution in [3.05, 3.63) is 52.7 Å². The zero-order valence-electron chi connectivity index (χ0n) is 9.24. The van der Waals surface area contributed by atoms with E-state index < -0.39 is 0 Å². The van der Waals surface area contributed by atoms with E-state index in [9.17, 15) is 0 Å². The Morgan fingerprint density at radius 1 is 1.29 bits per heavy atom. The van der Waals surface area contributed by atoms with Crippen molar-refractivity contribution >= 4 is 23.1 Å². The predicted molar refractivity (Wildman–Crippen MR) is 68.4 cm³/mol. The van der Waals surface area contributed by atoms with Crippen molar-refractivity contribution in [1.82, 2.24) is 4.98 Å². The van der Waals surface area contributed by atoms with Gasteiger partial charge in [-0.15, -0.1) is 0 Å². The predicted octanol–water partition coefficient (Wildman–Crippen LogP) is 3.66. The van der Waals surface area contributed by atoms with Crippen LogP contribution in [0.4, 0.5) is 11.5 Å². The molecule has 0 amide bonds. The maximum atomic E-state index is 8.79. The number of benzene rings is 1. The molecule has 0 aliphatic carbocycles. The summed E-state index contributed by atoms with van der Waals surface area (Å²) in [7, 11) is 0. The Hall–Kier alpha value is -2.05. The highest BCUT2D eigenvalue weighted by Gasteiger charge is 2.02. The number of hydrogen-bond donors (Lipinski definition) is 1. The summed E-state index contributed by atoms with van der Waals surface area (Å²) >= 11 is 6.10. The second-order valence-electron chi connectivity index (χ2n) is 3.65. The zero-order chi connectivity index (χ0) is 12.3. The van der Waals surface area contributed by atoms with Gasteiger partial charge in [-0.1, -0.05) is 17.7 Å². The van der Waals surface area contributed by atoms with Gasteiger partial charge in [-0.25, -0.2) is 4.98 Å². The summed E-state index contributed by atoms with van der Waals surface area (Å²) in [6, 6.07) is 11.1. The van der Waals surface area contributed by atoms with Crippen molar-refractivity contribution in [1.29, 1.82) is 5.26 Å². The van der Waals surface area contributed by atoms with Gasteiger partial charge in [-0.05, 0) is 36.8 Å². The van der Waals surface area contributed by atoms with E-state index in [1.807, 2.05) is 25.1 Å². The molecule has 1 heterocycles. The average molecular weight is 244 g/mol. The molecule has 0 radical (unpaired) electrons. The third-order valence-electron chi connectivity index (χ3n) is 2.28. The van der Waals surface area contributed by atoms with Gasteiger partial charge in [0.05, 0.1) is 22.3 Å². The Morgan fingerprint density at radius 2 is 2.12 bits per heavy atom. The maximum absolute atomic E-state index is 8.79. The van der Waals surface area contributed by atoms with Crippen molar-refractivity contribution in [3.8, 4) is 6.07 Å². The second-order valence-corrected chi connectivity index (χ2v) is 4.06. The first-order chi connectivity index (χ1) is 8.19. The molecule has 1 N–H and O–H groups in total. The number of anilines is 2. The molecule has 1 aromatic heterocycles. The minimum Gasteiger partial charge on any atom is -0.339 e. The minimum absolute atomic E-state index is 0.561. The van der Waals surface area contributed by atoms with Gasteiger partial charge in [0.25, 0.3) is 0 Å². The summed E-state index contributed by atoms with van der Waals surface area (Å²) in [5, 5.41) is 12.5. The Kier molecular flexibility index (Phi) is 3.27. The van der Waals surface area contributed by atoms with E-state index in [2.05, 4.69) is 16.4 Å². The third-order valence-corrected chi connectivity index (χ3v) is 2.59. The van der Waals surface area contributed by atoms with Crippen LogP contribution in [0.1, 0.15) is 11.1 Å². The molecule has 0 atom stereocenters. The quantitative estimate of drug-likeness (QED) is 0.876. The van der Waals surface area contributed by atoms with Crippen LogP contribution < -0.4 is 5.32 Å². The fourth-order valence-electron chi connectivity index (χ4n) is 1.43. The molecule has 84 valence electrons. The van der Waals surface area contributed by atoms with E-state index in [0.29, 0.717) is 16.4 Å². The van der Waals surface area contributed by atoms with Crippen LogP contribution in [0, 0.1) is 18.3 Å². The lowest BCUT2D eigenvalue weighted by molar-refractivity contribution is 1.29. The van der Waals surface area contributed by atoms with Crippen LogP contribution in [0.25, 0.3) is 0 Å². The molecular weight excluding hydrogens is 234 g/mol. The standard InChI is InChI=1S/C13H10ClN3/c1-9-2-3-12(11(14)6-9)17-13-7-10(8-15)4-5-16-13/h2-7H,1H3,(H,16,17). The lowest BCUT2D eigenvalue weighted by atomic mass is 10.2. The molecule has 0 unspecified atom stereocenters. The monoisotopic (exact) mass is 243 g/mol. The summed E-state index contributed by atoms with van der Waals surface area (Å²) in [6.07, 6.45) is 1.59. The zero-order valence-corrected chi connectivity index (χ0v) is 9.99. The SMILES string of the molecule is Cc1ccc(Nc2cc(C#N)ccn2)c(Cl)c1. The molecule has 3 nitrogen and oxygen atoms in total. The summed E-state index contributed by atoms with van der Waals surface area (Å²) in [5.41, 5.74) is 2.44. The first kappa shape index (κ1) is 11.4. The summed E-state index contributed by atoms with van der Waals surface area (Å²) in [5.74, 6) is 0.606. The van der Waals surface area contributed by atoms with Crippen molar-refractivity contribution in [2.45, 2.75) is 6.92 Å². The fraction of sp³-hybridized carbons (Fsp3) is 0.0769. The molecule has 0 bridgehead atoms. The first-order valence-electron chi connectivity index (χ1n) is 5.08. The lowest BCUT2D eigenvalue weighted by Crippen LogP contribution is -1.94. The fourth-order valence-corrected chi connectivity index (χ4v) is 1.71. The lowest BCUT2D eigenvalue weighted by Gasteiger charge is -2.08. The van der Waals surface area contributed by atoms with Crippen molar-refractivity contribution in [2.75, 3.05) is 5.32 Å². The number of halogens is 1. The van der Waals surface area contributed by atoms with Crippen LogP contribution in [-0.4, -0.2) is 4.98 Å². The number of nitrogens with one attached hydrogen (secondary N) is 1. The smallest absolute Gasteiger partial charge is 0.131 e. The number of pyridine rings is 1. The molecule has 2 aromatic rings. The Labute approximate surface area is 105 Å². The topological polar surface area (TPSA) is 48.7 Å². The van der Waals surface area contributed by atoms with E-state index in [4.69, 9.17) is 16.9 Å². The Morgan fingerprint density at radius 3 is 2.82 bits per heavy atom. The Balaban J connectivity index is 2.28. The van der Waals surface area contributed by atoms with Gasteiger partial charge in [-0.2, -0.15) is 5.26 Å². The molecule has 2 rings (SSSR count). The molecule has 0 aliphatic rings. The average Bonchev–Trinajstić information content (AvgIpc) is 2.33. The van der Waals surface area contributed by atoms with E-state index in [1.54, 1.807) is 18.3 Å². The summed E-state index contributed by atoms with van der Waals surface area (Å²) < 4.78 is 0. The molecule has 4 heteroatoms. The second kappa shape index (κ2) is 4.86. The molecule has 0 aliphatic heterocycles. The molecule has 1 aromatic carbocycles. The summed E-state index contributed by atoms with van der Waals surface area (Å²) in [4.78, 5) is 4.13. The molecule has 0 fully saturated rings. The van der Waals surface area contributed by atoms with Crippen LogP contribution in [0.2, 0.25) is 5.02 Å². The van der Waals surface area contributed by atoms with Crippen molar-refractivity contribution < 1.29 is 0 Å². The van der Waals surface area contributed by atoms with E-state index >= 15 is 0 Å². The number of aryl methyl sites for hydroxylation is 1. The van der Waals surface area contributed by atoms with Crippen molar-refractivity contribution in [3.63, 3.8) is 0 Å². The molecule has 17 heavy (non-hydrogen) atoms. The number of nitriles is 1.